The molecule has 0 radical (unpaired) electrons. The highest BCUT2D eigenvalue weighted by atomic mass is 14.7. The maximum Gasteiger partial charge on any atom is 0.0145 e. The van der Waals surface area contributed by atoms with Crippen molar-refractivity contribution < 1.29 is 0 Å². The van der Waals surface area contributed by atoms with Gasteiger partial charge in [0.1, 0.15) is 0 Å². The molecular weight excluding hydrogens is 266 g/mol. The van der Waals surface area contributed by atoms with Crippen molar-refractivity contribution in [2.24, 2.45) is 17.6 Å². The second kappa shape index (κ2) is 7.11. The monoisotopic (exact) mass is 293 g/mol. The minimum Gasteiger partial charge on any atom is -0.327 e. The first-order valence-electron chi connectivity index (χ1n) is 8.61. The van der Waals surface area contributed by atoms with Gasteiger partial charge in [-0.2, -0.15) is 0 Å². The molecule has 1 aromatic carbocycles. The Kier molecular flexibility index (Phi) is 4.94. The Labute approximate surface area is 134 Å². The van der Waals surface area contributed by atoms with Crippen LogP contribution < -0.4 is 5.73 Å². The SMILES string of the molecule is C=C1C=CC=CC1C(c1ccccc1)C(N)C1CCCCC1. The van der Waals surface area contributed by atoms with Crippen LogP contribution in [0, 0.1) is 11.8 Å². The molecule has 2 aliphatic carbocycles. The lowest BCUT2D eigenvalue weighted by atomic mass is 9.69. The second-order valence-corrected chi connectivity index (χ2v) is 6.76. The molecule has 1 fully saturated rings. The van der Waals surface area contributed by atoms with E-state index in [1.807, 2.05) is 0 Å². The van der Waals surface area contributed by atoms with Gasteiger partial charge in [0, 0.05) is 17.9 Å². The number of rotatable bonds is 4. The lowest BCUT2D eigenvalue weighted by molar-refractivity contribution is 0.263. The van der Waals surface area contributed by atoms with E-state index in [1.54, 1.807) is 0 Å². The van der Waals surface area contributed by atoms with Crippen LogP contribution in [0.5, 0.6) is 0 Å². The van der Waals surface area contributed by atoms with Gasteiger partial charge in [0.25, 0.3) is 0 Å². The molecule has 1 aromatic rings. The Morgan fingerprint density at radius 2 is 1.73 bits per heavy atom. The molecule has 2 aliphatic rings. The first-order chi connectivity index (χ1) is 10.8. The van der Waals surface area contributed by atoms with Gasteiger partial charge >= 0.3 is 0 Å². The van der Waals surface area contributed by atoms with Crippen LogP contribution in [0.25, 0.3) is 0 Å². The molecule has 0 aliphatic heterocycles. The first-order valence-corrected chi connectivity index (χ1v) is 8.61. The third-order valence-corrected chi connectivity index (χ3v) is 5.35. The summed E-state index contributed by atoms with van der Waals surface area (Å²) in [5, 5.41) is 0. The molecule has 0 amide bonds. The number of allylic oxidation sites excluding steroid dienone is 5. The van der Waals surface area contributed by atoms with E-state index < -0.39 is 0 Å². The van der Waals surface area contributed by atoms with Gasteiger partial charge in [0.2, 0.25) is 0 Å². The fourth-order valence-electron chi connectivity index (χ4n) is 4.10. The molecule has 0 heterocycles. The normalized spacial score (nSPS) is 25.1. The molecule has 3 unspecified atom stereocenters. The Hall–Kier alpha value is -1.60. The van der Waals surface area contributed by atoms with Crippen molar-refractivity contribution in [3.05, 3.63) is 72.4 Å². The van der Waals surface area contributed by atoms with Crippen LogP contribution >= 0.6 is 0 Å². The van der Waals surface area contributed by atoms with E-state index in [0.29, 0.717) is 17.8 Å². The van der Waals surface area contributed by atoms with Crippen molar-refractivity contribution in [3.8, 4) is 0 Å². The average molecular weight is 293 g/mol. The lowest BCUT2D eigenvalue weighted by Crippen LogP contribution is -2.40. The molecule has 116 valence electrons. The van der Waals surface area contributed by atoms with Crippen molar-refractivity contribution in [2.75, 3.05) is 0 Å². The van der Waals surface area contributed by atoms with Gasteiger partial charge in [0.15, 0.2) is 0 Å². The van der Waals surface area contributed by atoms with E-state index in [9.17, 15) is 0 Å². The Bertz CT molecular complexity index is 549. The van der Waals surface area contributed by atoms with Crippen LogP contribution in [-0.2, 0) is 0 Å². The average Bonchev–Trinajstić information content (AvgIpc) is 2.58. The van der Waals surface area contributed by atoms with E-state index in [4.69, 9.17) is 5.73 Å². The van der Waals surface area contributed by atoms with Crippen molar-refractivity contribution in [2.45, 2.75) is 44.1 Å². The number of nitrogens with two attached hydrogens (primary N) is 1. The summed E-state index contributed by atoms with van der Waals surface area (Å²) in [6, 6.07) is 11.0. The summed E-state index contributed by atoms with van der Waals surface area (Å²) >= 11 is 0. The highest BCUT2D eigenvalue weighted by Crippen LogP contribution is 2.40. The standard InChI is InChI=1S/C21H27N/c1-16-10-8-9-15-19(16)20(17-11-4-2-5-12-17)21(22)18-13-6-3-7-14-18/h2,4-5,8-12,15,18-21H,1,3,6-7,13-14,22H2. The van der Waals surface area contributed by atoms with Gasteiger partial charge in [-0.15, -0.1) is 0 Å². The highest BCUT2D eigenvalue weighted by Gasteiger charge is 2.34. The summed E-state index contributed by atoms with van der Waals surface area (Å²) < 4.78 is 0. The van der Waals surface area contributed by atoms with Crippen molar-refractivity contribution >= 4 is 0 Å². The van der Waals surface area contributed by atoms with Crippen LogP contribution in [0.4, 0.5) is 0 Å². The molecule has 0 aromatic heterocycles. The summed E-state index contributed by atoms with van der Waals surface area (Å²) in [5.74, 6) is 1.30. The maximum atomic E-state index is 6.82. The molecule has 1 heteroatoms. The van der Waals surface area contributed by atoms with E-state index >= 15 is 0 Å². The second-order valence-electron chi connectivity index (χ2n) is 6.76. The third-order valence-electron chi connectivity index (χ3n) is 5.35. The molecule has 3 rings (SSSR count). The van der Waals surface area contributed by atoms with Crippen molar-refractivity contribution in [1.29, 1.82) is 0 Å². The molecule has 0 spiro atoms. The highest BCUT2D eigenvalue weighted by molar-refractivity contribution is 5.37. The molecule has 3 atom stereocenters. The van der Waals surface area contributed by atoms with E-state index in [-0.39, 0.29) is 6.04 Å². The molecule has 0 bridgehead atoms. The molecule has 1 nitrogen and oxygen atoms in total. The topological polar surface area (TPSA) is 26.0 Å². The lowest BCUT2D eigenvalue weighted by Gasteiger charge is -2.38. The van der Waals surface area contributed by atoms with Gasteiger partial charge in [-0.05, 0) is 29.9 Å². The minimum atomic E-state index is 0.209. The summed E-state index contributed by atoms with van der Waals surface area (Å²) in [4.78, 5) is 0. The first kappa shape index (κ1) is 15.3. The zero-order valence-corrected chi connectivity index (χ0v) is 13.3. The minimum absolute atomic E-state index is 0.209. The Morgan fingerprint density at radius 3 is 2.41 bits per heavy atom. The van der Waals surface area contributed by atoms with Gasteiger partial charge in [-0.25, -0.2) is 0 Å². The van der Waals surface area contributed by atoms with Crippen molar-refractivity contribution in [1.82, 2.24) is 0 Å². The van der Waals surface area contributed by atoms with Gasteiger partial charge in [0.05, 0.1) is 0 Å². The zero-order chi connectivity index (χ0) is 15.4. The largest absolute Gasteiger partial charge is 0.327 e. The van der Waals surface area contributed by atoms with Crippen LogP contribution in [0.3, 0.4) is 0 Å². The van der Waals surface area contributed by atoms with E-state index in [1.165, 1.54) is 43.2 Å². The zero-order valence-electron chi connectivity index (χ0n) is 13.3. The molecular formula is C21H27N. The fourth-order valence-corrected chi connectivity index (χ4v) is 4.10. The van der Waals surface area contributed by atoms with Crippen LogP contribution in [0.2, 0.25) is 0 Å². The van der Waals surface area contributed by atoms with Gasteiger partial charge in [-0.1, -0.05) is 80.5 Å². The van der Waals surface area contributed by atoms with Crippen LogP contribution in [0.15, 0.2) is 66.8 Å². The summed E-state index contributed by atoms with van der Waals surface area (Å²) in [7, 11) is 0. The predicted molar refractivity (Wildman–Crippen MR) is 94.6 cm³/mol. The maximum absolute atomic E-state index is 6.82. The Morgan fingerprint density at radius 1 is 1.00 bits per heavy atom. The molecule has 1 saturated carbocycles. The van der Waals surface area contributed by atoms with E-state index in [2.05, 4.69) is 61.2 Å². The quantitative estimate of drug-likeness (QED) is 0.832. The summed E-state index contributed by atoms with van der Waals surface area (Å²) in [6.45, 7) is 4.28. The molecule has 2 N–H and O–H groups in total. The van der Waals surface area contributed by atoms with Crippen LogP contribution in [0.1, 0.15) is 43.6 Å². The summed E-state index contributed by atoms with van der Waals surface area (Å²) in [5.41, 5.74) is 9.36. The van der Waals surface area contributed by atoms with Crippen LogP contribution in [-0.4, -0.2) is 6.04 Å². The number of hydrogen-bond donors (Lipinski definition) is 1. The molecule has 22 heavy (non-hydrogen) atoms. The van der Waals surface area contributed by atoms with E-state index in [0.717, 1.165) is 0 Å². The third kappa shape index (κ3) is 3.25. The van der Waals surface area contributed by atoms with Crippen molar-refractivity contribution in [3.63, 3.8) is 0 Å². The van der Waals surface area contributed by atoms with Gasteiger partial charge in [-0.3, -0.25) is 0 Å². The fraction of sp³-hybridized carbons (Fsp3) is 0.429. The van der Waals surface area contributed by atoms with Gasteiger partial charge < -0.3 is 5.73 Å². The number of benzene rings is 1. The number of hydrogen-bond acceptors (Lipinski definition) is 1. The summed E-state index contributed by atoms with van der Waals surface area (Å²) in [6.07, 6.45) is 15.2. The Balaban J connectivity index is 1.90. The molecule has 0 saturated heterocycles. The smallest absolute Gasteiger partial charge is 0.0145 e. The predicted octanol–water partition coefficient (Wildman–Crippen LogP) is 4.98.